The van der Waals surface area contributed by atoms with Crippen molar-refractivity contribution in [1.82, 2.24) is 4.90 Å². The molecule has 1 aromatic rings. The van der Waals surface area contributed by atoms with Crippen LogP contribution in [0.25, 0.3) is 0 Å². The number of likely N-dealkylation sites (N-methyl/N-ethyl adjacent to an activating group) is 2. The van der Waals surface area contributed by atoms with Crippen LogP contribution in [0.3, 0.4) is 0 Å². The molecule has 0 spiro atoms. The number of halogens is 1. The topological polar surface area (TPSA) is 6.48 Å². The number of hydrogen-bond donors (Lipinski definition) is 0. The van der Waals surface area contributed by atoms with Gasteiger partial charge in [-0.1, -0.05) is 22.9 Å². The molecule has 0 aromatic heterocycles. The SMILES string of the molecule is CN1CCC2(C)c3cc(Br)ccc3N(C)C12. The molecule has 2 nitrogen and oxygen atoms in total. The molecular formula is C13H17BrN2. The largest absolute Gasteiger partial charge is 0.358 e. The van der Waals surface area contributed by atoms with Crippen LogP contribution in [0.2, 0.25) is 0 Å². The molecule has 1 fully saturated rings. The summed E-state index contributed by atoms with van der Waals surface area (Å²) in [5, 5.41) is 0. The second-order valence-corrected chi connectivity index (χ2v) is 6.21. The Morgan fingerprint density at radius 1 is 1.38 bits per heavy atom. The maximum Gasteiger partial charge on any atom is 0.0911 e. The van der Waals surface area contributed by atoms with E-state index in [2.05, 4.69) is 64.9 Å². The quantitative estimate of drug-likeness (QED) is 0.721. The van der Waals surface area contributed by atoms with Crippen LogP contribution in [-0.2, 0) is 5.41 Å². The van der Waals surface area contributed by atoms with E-state index in [4.69, 9.17) is 0 Å². The van der Waals surface area contributed by atoms with Crippen LogP contribution < -0.4 is 4.90 Å². The number of likely N-dealkylation sites (tertiary alicyclic amines) is 1. The number of rotatable bonds is 0. The molecule has 0 amide bonds. The van der Waals surface area contributed by atoms with Crippen molar-refractivity contribution in [3.8, 4) is 0 Å². The molecule has 86 valence electrons. The lowest BCUT2D eigenvalue weighted by Crippen LogP contribution is -2.45. The Morgan fingerprint density at radius 2 is 2.12 bits per heavy atom. The van der Waals surface area contributed by atoms with Crippen LogP contribution in [-0.4, -0.2) is 31.7 Å². The molecule has 0 N–H and O–H groups in total. The van der Waals surface area contributed by atoms with E-state index in [-0.39, 0.29) is 0 Å². The molecule has 2 aliphatic heterocycles. The summed E-state index contributed by atoms with van der Waals surface area (Å²) in [6, 6.07) is 6.67. The molecule has 3 rings (SSSR count). The minimum Gasteiger partial charge on any atom is -0.358 e. The zero-order valence-electron chi connectivity index (χ0n) is 10.00. The fourth-order valence-electron chi connectivity index (χ4n) is 3.55. The van der Waals surface area contributed by atoms with Gasteiger partial charge in [-0.25, -0.2) is 0 Å². The first kappa shape index (κ1) is 10.6. The van der Waals surface area contributed by atoms with Gasteiger partial charge in [0.25, 0.3) is 0 Å². The predicted octanol–water partition coefficient (Wildman–Crippen LogP) is 2.82. The fourth-order valence-corrected chi connectivity index (χ4v) is 3.91. The highest BCUT2D eigenvalue weighted by molar-refractivity contribution is 9.10. The van der Waals surface area contributed by atoms with E-state index in [9.17, 15) is 0 Å². The minimum atomic E-state index is 0.294. The number of benzene rings is 1. The lowest BCUT2D eigenvalue weighted by molar-refractivity contribution is 0.268. The van der Waals surface area contributed by atoms with Crippen LogP contribution in [0.4, 0.5) is 5.69 Å². The van der Waals surface area contributed by atoms with Gasteiger partial charge in [0, 0.05) is 29.2 Å². The molecule has 1 aromatic carbocycles. The van der Waals surface area contributed by atoms with Crippen molar-refractivity contribution in [1.29, 1.82) is 0 Å². The third-order valence-corrected chi connectivity index (χ3v) is 4.79. The average molecular weight is 281 g/mol. The van der Waals surface area contributed by atoms with Gasteiger partial charge in [-0.3, -0.25) is 4.90 Å². The van der Waals surface area contributed by atoms with Crippen LogP contribution in [0.15, 0.2) is 22.7 Å². The summed E-state index contributed by atoms with van der Waals surface area (Å²) in [4.78, 5) is 4.89. The van der Waals surface area contributed by atoms with Gasteiger partial charge in [-0.15, -0.1) is 0 Å². The van der Waals surface area contributed by atoms with Crippen LogP contribution >= 0.6 is 15.9 Å². The van der Waals surface area contributed by atoms with E-state index in [0.717, 1.165) is 0 Å². The van der Waals surface area contributed by atoms with Gasteiger partial charge < -0.3 is 4.90 Å². The summed E-state index contributed by atoms with van der Waals surface area (Å²) in [6.45, 7) is 3.59. The van der Waals surface area contributed by atoms with Gasteiger partial charge in [0.2, 0.25) is 0 Å². The standard InChI is InChI=1S/C13H17BrN2/c1-13-6-7-15(2)12(13)16(3)11-5-4-9(14)8-10(11)13/h4-5,8,12H,6-7H2,1-3H3. The van der Waals surface area contributed by atoms with Gasteiger partial charge in [-0.05, 0) is 37.2 Å². The Kier molecular flexibility index (Phi) is 2.14. The van der Waals surface area contributed by atoms with E-state index in [1.54, 1.807) is 0 Å². The Bertz CT molecular complexity index is 446. The Morgan fingerprint density at radius 3 is 2.88 bits per heavy atom. The molecular weight excluding hydrogens is 264 g/mol. The molecule has 2 atom stereocenters. The summed E-state index contributed by atoms with van der Waals surface area (Å²) < 4.78 is 1.19. The van der Waals surface area contributed by atoms with Crippen molar-refractivity contribution in [2.45, 2.75) is 24.9 Å². The molecule has 3 heteroatoms. The normalized spacial score (nSPS) is 33.0. The highest BCUT2D eigenvalue weighted by atomic mass is 79.9. The molecule has 0 saturated carbocycles. The van der Waals surface area contributed by atoms with Crippen LogP contribution in [0, 0.1) is 0 Å². The second kappa shape index (κ2) is 3.23. The number of nitrogens with zero attached hydrogens (tertiary/aromatic N) is 2. The molecule has 0 aliphatic carbocycles. The van der Waals surface area contributed by atoms with Crippen molar-refractivity contribution in [3.05, 3.63) is 28.2 Å². The molecule has 16 heavy (non-hydrogen) atoms. The minimum absolute atomic E-state index is 0.294. The van der Waals surface area contributed by atoms with E-state index in [1.807, 2.05) is 0 Å². The number of fused-ring (bicyclic) bond motifs is 3. The molecule has 1 saturated heterocycles. The summed E-state index contributed by atoms with van der Waals surface area (Å²) in [7, 11) is 4.44. The third kappa shape index (κ3) is 1.16. The summed E-state index contributed by atoms with van der Waals surface area (Å²) >= 11 is 3.59. The highest BCUT2D eigenvalue weighted by Gasteiger charge is 2.51. The van der Waals surface area contributed by atoms with E-state index < -0.39 is 0 Å². The molecule has 2 heterocycles. The summed E-state index contributed by atoms with van der Waals surface area (Å²) in [5.41, 5.74) is 3.18. The zero-order chi connectivity index (χ0) is 11.5. The average Bonchev–Trinajstić information content (AvgIpc) is 2.65. The van der Waals surface area contributed by atoms with Gasteiger partial charge in [0.05, 0.1) is 6.17 Å². The maximum atomic E-state index is 3.59. The van der Waals surface area contributed by atoms with E-state index in [0.29, 0.717) is 11.6 Å². The fraction of sp³-hybridized carbons (Fsp3) is 0.538. The predicted molar refractivity (Wildman–Crippen MR) is 70.9 cm³/mol. The smallest absolute Gasteiger partial charge is 0.0911 e. The van der Waals surface area contributed by atoms with Crippen LogP contribution in [0.1, 0.15) is 18.9 Å². The first-order chi connectivity index (χ1) is 7.54. The van der Waals surface area contributed by atoms with Gasteiger partial charge in [0.15, 0.2) is 0 Å². The van der Waals surface area contributed by atoms with Crippen molar-refractivity contribution in [3.63, 3.8) is 0 Å². The maximum absolute atomic E-state index is 3.59. The Labute approximate surface area is 105 Å². The zero-order valence-corrected chi connectivity index (χ0v) is 11.6. The highest BCUT2D eigenvalue weighted by Crippen LogP contribution is 2.51. The van der Waals surface area contributed by atoms with Crippen molar-refractivity contribution < 1.29 is 0 Å². The van der Waals surface area contributed by atoms with E-state index >= 15 is 0 Å². The van der Waals surface area contributed by atoms with Gasteiger partial charge in [0.1, 0.15) is 0 Å². The molecule has 2 unspecified atom stereocenters. The number of anilines is 1. The molecule has 0 radical (unpaired) electrons. The summed E-state index contributed by atoms with van der Waals surface area (Å²) in [6.07, 6.45) is 1.78. The molecule has 2 aliphatic rings. The first-order valence-electron chi connectivity index (χ1n) is 5.77. The lowest BCUT2D eigenvalue weighted by Gasteiger charge is -2.32. The Balaban J connectivity index is 2.20. The number of hydrogen-bond acceptors (Lipinski definition) is 2. The van der Waals surface area contributed by atoms with Crippen molar-refractivity contribution >= 4 is 21.6 Å². The lowest BCUT2D eigenvalue weighted by atomic mass is 9.81. The third-order valence-electron chi connectivity index (χ3n) is 4.29. The van der Waals surface area contributed by atoms with Crippen molar-refractivity contribution in [2.75, 3.05) is 25.5 Å². The molecule has 0 bridgehead atoms. The van der Waals surface area contributed by atoms with Crippen LogP contribution in [0.5, 0.6) is 0 Å². The van der Waals surface area contributed by atoms with E-state index in [1.165, 1.54) is 28.7 Å². The van der Waals surface area contributed by atoms with Gasteiger partial charge >= 0.3 is 0 Å². The monoisotopic (exact) mass is 280 g/mol. The summed E-state index contributed by atoms with van der Waals surface area (Å²) in [5.74, 6) is 0. The Hall–Kier alpha value is -0.540. The first-order valence-corrected chi connectivity index (χ1v) is 6.56. The second-order valence-electron chi connectivity index (χ2n) is 5.29. The van der Waals surface area contributed by atoms with Crippen molar-refractivity contribution in [2.24, 2.45) is 0 Å². The van der Waals surface area contributed by atoms with Gasteiger partial charge in [-0.2, -0.15) is 0 Å².